The van der Waals surface area contributed by atoms with Gasteiger partial charge in [-0.1, -0.05) is 18.2 Å². The highest BCUT2D eigenvalue weighted by molar-refractivity contribution is 6.01. The van der Waals surface area contributed by atoms with Crippen molar-refractivity contribution < 1.29 is 4.79 Å². The van der Waals surface area contributed by atoms with Crippen molar-refractivity contribution >= 4 is 17.7 Å². The number of anilines is 2. The van der Waals surface area contributed by atoms with E-state index in [0.29, 0.717) is 24.2 Å². The molecule has 2 aromatic rings. The van der Waals surface area contributed by atoms with Gasteiger partial charge in [-0.05, 0) is 13.1 Å². The van der Waals surface area contributed by atoms with Gasteiger partial charge < -0.3 is 21.3 Å². The van der Waals surface area contributed by atoms with Gasteiger partial charge in [-0.25, -0.2) is 4.98 Å². The molecule has 3 rings (SSSR count). The number of piperazine rings is 1. The third-order valence-corrected chi connectivity index (χ3v) is 4.27. The minimum Gasteiger partial charge on any atom is -0.382 e. The van der Waals surface area contributed by atoms with Crippen molar-refractivity contribution in [2.75, 3.05) is 44.7 Å². The molecule has 2 heterocycles. The van der Waals surface area contributed by atoms with Crippen LogP contribution in [0.4, 0.5) is 11.8 Å². The van der Waals surface area contributed by atoms with Gasteiger partial charge in [-0.2, -0.15) is 10.2 Å². The lowest BCUT2D eigenvalue weighted by Gasteiger charge is -2.32. The molecule has 8 heteroatoms. The SMILES string of the molecule is CN1CCN(C(=O)c2ccccc2-c2nc(N)nc(N)c2C#N)CC1. The number of hydrogen-bond acceptors (Lipinski definition) is 7. The number of rotatable bonds is 2. The van der Waals surface area contributed by atoms with Crippen LogP contribution in [0.3, 0.4) is 0 Å². The average molecular weight is 337 g/mol. The maximum absolute atomic E-state index is 13.0. The van der Waals surface area contributed by atoms with Gasteiger partial charge in [0.2, 0.25) is 5.95 Å². The number of nitriles is 1. The summed E-state index contributed by atoms with van der Waals surface area (Å²) in [6.45, 7) is 2.96. The maximum Gasteiger partial charge on any atom is 0.254 e. The van der Waals surface area contributed by atoms with Crippen molar-refractivity contribution in [1.29, 1.82) is 5.26 Å². The van der Waals surface area contributed by atoms with Crippen LogP contribution in [-0.4, -0.2) is 58.9 Å². The molecule has 0 bridgehead atoms. The van der Waals surface area contributed by atoms with Gasteiger partial charge in [0, 0.05) is 37.3 Å². The quantitative estimate of drug-likeness (QED) is 0.820. The Balaban J connectivity index is 2.06. The molecule has 1 amide bonds. The van der Waals surface area contributed by atoms with Gasteiger partial charge in [0.25, 0.3) is 5.91 Å². The topological polar surface area (TPSA) is 125 Å². The summed E-state index contributed by atoms with van der Waals surface area (Å²) in [7, 11) is 2.03. The van der Waals surface area contributed by atoms with Crippen LogP contribution in [0.1, 0.15) is 15.9 Å². The van der Waals surface area contributed by atoms with E-state index < -0.39 is 0 Å². The number of nitrogens with zero attached hydrogens (tertiary/aromatic N) is 5. The van der Waals surface area contributed by atoms with Crippen LogP contribution < -0.4 is 11.5 Å². The Bertz CT molecular complexity index is 851. The number of hydrogen-bond donors (Lipinski definition) is 2. The molecule has 0 spiro atoms. The molecule has 1 saturated heterocycles. The zero-order valence-corrected chi connectivity index (χ0v) is 13.9. The average Bonchev–Trinajstić information content (AvgIpc) is 2.61. The Hall–Kier alpha value is -3.18. The molecule has 1 fully saturated rings. The van der Waals surface area contributed by atoms with Crippen LogP contribution in [0.15, 0.2) is 24.3 Å². The summed E-state index contributed by atoms with van der Waals surface area (Å²) < 4.78 is 0. The molecular formula is C17H19N7O. The normalized spacial score (nSPS) is 15.0. The molecule has 0 atom stereocenters. The summed E-state index contributed by atoms with van der Waals surface area (Å²) >= 11 is 0. The molecule has 1 aromatic heterocycles. The smallest absolute Gasteiger partial charge is 0.254 e. The van der Waals surface area contributed by atoms with E-state index in [0.717, 1.165) is 13.1 Å². The molecule has 1 aliphatic heterocycles. The monoisotopic (exact) mass is 337 g/mol. The predicted octanol–water partition coefficient (Wildman–Crippen LogP) is 0.567. The second-order valence-electron chi connectivity index (χ2n) is 5.94. The highest BCUT2D eigenvalue weighted by atomic mass is 16.2. The summed E-state index contributed by atoms with van der Waals surface area (Å²) in [4.78, 5) is 25.0. The Morgan fingerprint density at radius 2 is 1.84 bits per heavy atom. The highest BCUT2D eigenvalue weighted by Crippen LogP contribution is 2.29. The van der Waals surface area contributed by atoms with Gasteiger partial charge in [0.1, 0.15) is 17.5 Å². The van der Waals surface area contributed by atoms with Gasteiger partial charge in [-0.3, -0.25) is 4.79 Å². The van der Waals surface area contributed by atoms with Crippen molar-refractivity contribution in [3.8, 4) is 17.3 Å². The van der Waals surface area contributed by atoms with Crippen molar-refractivity contribution in [1.82, 2.24) is 19.8 Å². The Labute approximate surface area is 145 Å². The predicted molar refractivity (Wildman–Crippen MR) is 94.4 cm³/mol. The lowest BCUT2D eigenvalue weighted by Crippen LogP contribution is -2.47. The summed E-state index contributed by atoms with van der Waals surface area (Å²) in [5.74, 6) is -0.122. The zero-order chi connectivity index (χ0) is 18.0. The van der Waals surface area contributed by atoms with E-state index in [1.165, 1.54) is 0 Å². The molecule has 4 N–H and O–H groups in total. The first kappa shape index (κ1) is 16.7. The number of nitrogen functional groups attached to an aromatic ring is 2. The summed E-state index contributed by atoms with van der Waals surface area (Å²) in [5.41, 5.74) is 12.9. The molecule has 25 heavy (non-hydrogen) atoms. The lowest BCUT2D eigenvalue weighted by molar-refractivity contribution is 0.0665. The first-order chi connectivity index (χ1) is 12.0. The third-order valence-electron chi connectivity index (χ3n) is 4.27. The number of aromatic nitrogens is 2. The standard InChI is InChI=1S/C17H19N7O/c1-23-6-8-24(9-7-23)16(25)12-5-3-2-4-11(12)14-13(10-18)15(19)22-17(20)21-14/h2-5H,6-9H2,1H3,(H4,19,20,21,22). The summed E-state index contributed by atoms with van der Waals surface area (Å²) in [5, 5.41) is 9.41. The van der Waals surface area contributed by atoms with Crippen LogP contribution in [0, 0.1) is 11.3 Å². The zero-order valence-electron chi connectivity index (χ0n) is 13.9. The van der Waals surface area contributed by atoms with Crippen LogP contribution in [0.2, 0.25) is 0 Å². The van der Waals surface area contributed by atoms with Crippen molar-refractivity contribution in [3.63, 3.8) is 0 Å². The molecule has 8 nitrogen and oxygen atoms in total. The number of likely N-dealkylation sites (N-methyl/N-ethyl adjacent to an activating group) is 1. The van der Waals surface area contributed by atoms with Crippen LogP contribution >= 0.6 is 0 Å². The van der Waals surface area contributed by atoms with Crippen LogP contribution in [-0.2, 0) is 0 Å². The second kappa shape index (κ2) is 6.75. The number of carbonyl (C=O) groups is 1. The molecule has 1 aliphatic rings. The summed E-state index contributed by atoms with van der Waals surface area (Å²) in [6, 6.07) is 9.04. The van der Waals surface area contributed by atoms with Crippen molar-refractivity contribution in [3.05, 3.63) is 35.4 Å². The fraction of sp³-hybridized carbons (Fsp3) is 0.294. The van der Waals surface area contributed by atoms with Gasteiger partial charge >= 0.3 is 0 Å². The minimum atomic E-state index is -0.0941. The molecule has 1 aromatic carbocycles. The Kier molecular flexibility index (Phi) is 4.50. The fourth-order valence-electron chi connectivity index (χ4n) is 2.86. The highest BCUT2D eigenvalue weighted by Gasteiger charge is 2.24. The molecule has 0 aliphatic carbocycles. The van der Waals surface area contributed by atoms with E-state index >= 15 is 0 Å². The molecular weight excluding hydrogens is 318 g/mol. The largest absolute Gasteiger partial charge is 0.382 e. The molecule has 0 unspecified atom stereocenters. The van der Waals surface area contributed by atoms with Crippen LogP contribution in [0.5, 0.6) is 0 Å². The third kappa shape index (κ3) is 3.22. The molecule has 0 saturated carbocycles. The van der Waals surface area contributed by atoms with Crippen LogP contribution in [0.25, 0.3) is 11.3 Å². The van der Waals surface area contributed by atoms with E-state index in [1.807, 2.05) is 13.1 Å². The lowest BCUT2D eigenvalue weighted by atomic mass is 9.99. The van der Waals surface area contributed by atoms with Crippen molar-refractivity contribution in [2.45, 2.75) is 0 Å². The first-order valence-corrected chi connectivity index (χ1v) is 7.91. The van der Waals surface area contributed by atoms with Crippen molar-refractivity contribution in [2.24, 2.45) is 0 Å². The Morgan fingerprint density at radius 1 is 1.16 bits per heavy atom. The van der Waals surface area contributed by atoms with E-state index in [2.05, 4.69) is 14.9 Å². The number of nitrogens with two attached hydrogens (primary N) is 2. The van der Waals surface area contributed by atoms with E-state index in [9.17, 15) is 10.1 Å². The minimum absolute atomic E-state index is 0.00634. The van der Waals surface area contributed by atoms with Gasteiger partial charge in [-0.15, -0.1) is 0 Å². The first-order valence-electron chi connectivity index (χ1n) is 7.91. The van der Waals surface area contributed by atoms with Gasteiger partial charge in [0.15, 0.2) is 0 Å². The molecule has 0 radical (unpaired) electrons. The fourth-order valence-corrected chi connectivity index (χ4v) is 2.86. The van der Waals surface area contributed by atoms with E-state index in [4.69, 9.17) is 11.5 Å². The summed E-state index contributed by atoms with van der Waals surface area (Å²) in [6.07, 6.45) is 0. The van der Waals surface area contributed by atoms with Gasteiger partial charge in [0.05, 0.1) is 5.69 Å². The molecule has 128 valence electrons. The number of carbonyl (C=O) groups excluding carboxylic acids is 1. The van der Waals surface area contributed by atoms with E-state index in [1.54, 1.807) is 29.2 Å². The number of amides is 1. The second-order valence-corrected chi connectivity index (χ2v) is 5.94. The Morgan fingerprint density at radius 3 is 2.52 bits per heavy atom. The maximum atomic E-state index is 13.0. The van der Waals surface area contributed by atoms with E-state index in [-0.39, 0.29) is 28.9 Å². The number of benzene rings is 1.